The Balaban J connectivity index is 3.54. The molecule has 44 valence electrons. The van der Waals surface area contributed by atoms with E-state index in [0.29, 0.717) is 1.93 Å². The van der Waals surface area contributed by atoms with E-state index >= 15 is 0 Å². The topological polar surface area (TPSA) is 20.2 Å². The molecule has 0 rings (SSSR count). The highest BCUT2D eigenvalue weighted by Crippen LogP contribution is 2.23. The van der Waals surface area contributed by atoms with Gasteiger partial charge in [-0.05, 0) is 13.8 Å². The molecule has 0 aromatic heterocycles. The van der Waals surface area contributed by atoms with E-state index in [-0.39, 0.29) is 0 Å². The zero-order valence-electron chi connectivity index (χ0n) is 4.28. The van der Waals surface area contributed by atoms with Crippen molar-refractivity contribution in [2.45, 2.75) is 21.4 Å². The van der Waals surface area contributed by atoms with Gasteiger partial charge in [0, 0.05) is 0 Å². The van der Waals surface area contributed by atoms with Gasteiger partial charge in [-0.3, -0.25) is 0 Å². The van der Waals surface area contributed by atoms with Crippen LogP contribution in [-0.2, 0) is 0 Å². The van der Waals surface area contributed by atoms with Crippen LogP contribution in [0.4, 0.5) is 0 Å². The van der Waals surface area contributed by atoms with Gasteiger partial charge >= 0.3 is 0 Å². The molecule has 0 saturated carbocycles. The van der Waals surface area contributed by atoms with Gasteiger partial charge in [-0.2, -0.15) is 0 Å². The number of alkyl halides is 2. The molecule has 1 N–H and O–H groups in total. The Morgan fingerprint density at radius 1 is 1.43 bits per heavy atom. The minimum Gasteiger partial charge on any atom is -0.389 e. The first-order valence-electron chi connectivity index (χ1n) is 1.95. The maximum atomic E-state index is 9.08. The Morgan fingerprint density at radius 3 is 1.57 bits per heavy atom. The van der Waals surface area contributed by atoms with E-state index in [1.54, 1.807) is 13.8 Å². The van der Waals surface area contributed by atoms with Gasteiger partial charge in [0.2, 0.25) is 0 Å². The Morgan fingerprint density at radius 2 is 1.57 bits per heavy atom. The summed E-state index contributed by atoms with van der Waals surface area (Å²) >= 11 is 4.37. The van der Waals surface area contributed by atoms with Crippen molar-refractivity contribution < 1.29 is 5.11 Å². The molecule has 0 heterocycles. The van der Waals surface area contributed by atoms with Gasteiger partial charge in [0.25, 0.3) is 0 Å². The zero-order chi connectivity index (χ0) is 6.08. The smallest absolute Gasteiger partial charge is 0.0907 e. The third-order valence-corrected chi connectivity index (χ3v) is 3.58. The van der Waals surface area contributed by atoms with Crippen LogP contribution < -0.4 is 0 Å². The van der Waals surface area contributed by atoms with E-state index in [1.165, 1.54) is 0 Å². The normalized spacial score (nSPS) is 12.9. The summed E-state index contributed by atoms with van der Waals surface area (Å²) in [5.41, 5.74) is -0.527. The van der Waals surface area contributed by atoms with Crippen molar-refractivity contribution in [2.24, 2.45) is 0 Å². The van der Waals surface area contributed by atoms with Crippen molar-refractivity contribution in [2.75, 3.05) is 0 Å². The molecular formula is C4H8I2O. The second kappa shape index (κ2) is 2.82. The predicted octanol–water partition coefficient (Wildman–Crippen LogP) is 1.95. The minimum absolute atomic E-state index is 0.294. The maximum Gasteiger partial charge on any atom is 0.0907 e. The van der Waals surface area contributed by atoms with Crippen molar-refractivity contribution >= 4 is 45.2 Å². The second-order valence-corrected chi connectivity index (χ2v) is 6.83. The van der Waals surface area contributed by atoms with E-state index in [2.05, 4.69) is 45.2 Å². The Bertz CT molecular complexity index is 55.2. The number of rotatable bonds is 1. The molecule has 0 fully saturated rings. The molecule has 0 saturated heterocycles. The van der Waals surface area contributed by atoms with E-state index in [9.17, 15) is 0 Å². The van der Waals surface area contributed by atoms with E-state index < -0.39 is 5.60 Å². The lowest BCUT2D eigenvalue weighted by atomic mass is 10.2. The molecule has 0 spiro atoms. The molecule has 0 aromatic carbocycles. The van der Waals surface area contributed by atoms with Crippen LogP contribution in [0, 0.1) is 0 Å². The highest BCUT2D eigenvalue weighted by molar-refractivity contribution is 14.2. The molecule has 0 amide bonds. The first-order valence-corrected chi connectivity index (χ1v) is 4.44. The highest BCUT2D eigenvalue weighted by Gasteiger charge is 2.19. The monoisotopic (exact) mass is 326 g/mol. The average molecular weight is 326 g/mol. The van der Waals surface area contributed by atoms with Crippen LogP contribution in [0.3, 0.4) is 0 Å². The molecule has 7 heavy (non-hydrogen) atoms. The van der Waals surface area contributed by atoms with E-state index in [1.807, 2.05) is 0 Å². The third kappa shape index (κ3) is 3.96. The highest BCUT2D eigenvalue weighted by atomic mass is 127. The largest absolute Gasteiger partial charge is 0.389 e. The van der Waals surface area contributed by atoms with Crippen molar-refractivity contribution in [3.8, 4) is 0 Å². The van der Waals surface area contributed by atoms with Crippen LogP contribution in [0.2, 0.25) is 0 Å². The fourth-order valence-electron chi connectivity index (χ4n) is 0. The summed E-state index contributed by atoms with van der Waals surface area (Å²) in [4.78, 5) is 0. The van der Waals surface area contributed by atoms with Crippen LogP contribution in [0.25, 0.3) is 0 Å². The summed E-state index contributed by atoms with van der Waals surface area (Å²) in [6.45, 7) is 3.60. The second-order valence-electron chi connectivity index (χ2n) is 1.95. The first-order chi connectivity index (χ1) is 2.94. The van der Waals surface area contributed by atoms with Gasteiger partial charge in [-0.25, -0.2) is 0 Å². The number of hydrogen-bond acceptors (Lipinski definition) is 1. The summed E-state index contributed by atoms with van der Waals surface area (Å²) in [7, 11) is 0. The average Bonchev–Trinajstić information content (AvgIpc) is 1.31. The number of hydrogen-bond donors (Lipinski definition) is 1. The molecule has 0 bridgehead atoms. The zero-order valence-corrected chi connectivity index (χ0v) is 8.60. The molecule has 0 aliphatic heterocycles. The lowest BCUT2D eigenvalue weighted by molar-refractivity contribution is 0.106. The van der Waals surface area contributed by atoms with E-state index in [0.717, 1.165) is 0 Å². The van der Waals surface area contributed by atoms with Crippen molar-refractivity contribution in [1.29, 1.82) is 0 Å². The summed E-state index contributed by atoms with van der Waals surface area (Å²) in [5, 5.41) is 9.08. The number of aliphatic hydroxyl groups is 1. The maximum absolute atomic E-state index is 9.08. The minimum atomic E-state index is -0.527. The summed E-state index contributed by atoms with van der Waals surface area (Å²) in [5.74, 6) is 0. The molecule has 1 nitrogen and oxygen atoms in total. The van der Waals surface area contributed by atoms with Gasteiger partial charge in [0.15, 0.2) is 0 Å². The van der Waals surface area contributed by atoms with Gasteiger partial charge in [0.1, 0.15) is 0 Å². The van der Waals surface area contributed by atoms with Crippen molar-refractivity contribution in [3.05, 3.63) is 0 Å². The fourth-order valence-corrected chi connectivity index (χ4v) is 0. The van der Waals surface area contributed by atoms with Gasteiger partial charge in [0.05, 0.1) is 7.53 Å². The molecule has 0 aromatic rings. The number of halogens is 2. The SMILES string of the molecule is CC(C)(O)C(I)I. The molecule has 0 aliphatic rings. The summed E-state index contributed by atoms with van der Waals surface area (Å²) in [6, 6.07) is 0. The van der Waals surface area contributed by atoms with Crippen LogP contribution in [-0.4, -0.2) is 12.6 Å². The Kier molecular flexibility index (Phi) is 3.39. The predicted molar refractivity (Wildman–Crippen MR) is 48.1 cm³/mol. The lowest BCUT2D eigenvalue weighted by Crippen LogP contribution is -2.25. The molecular weight excluding hydrogens is 318 g/mol. The Hall–Kier alpha value is 1.42. The summed E-state index contributed by atoms with van der Waals surface area (Å²) in [6.07, 6.45) is 0. The molecule has 0 radical (unpaired) electrons. The fraction of sp³-hybridized carbons (Fsp3) is 1.00. The van der Waals surface area contributed by atoms with Crippen LogP contribution in [0.5, 0.6) is 0 Å². The molecule has 3 heteroatoms. The van der Waals surface area contributed by atoms with E-state index in [4.69, 9.17) is 5.11 Å². The standard InChI is InChI=1S/C4H8I2O/c1-4(2,7)3(5)6/h3,7H,1-2H3. The van der Waals surface area contributed by atoms with Crippen LogP contribution in [0.1, 0.15) is 13.8 Å². The quantitative estimate of drug-likeness (QED) is 0.577. The lowest BCUT2D eigenvalue weighted by Gasteiger charge is -2.17. The van der Waals surface area contributed by atoms with Crippen LogP contribution >= 0.6 is 45.2 Å². The first kappa shape index (κ1) is 8.42. The molecule has 0 unspecified atom stereocenters. The van der Waals surface area contributed by atoms with Crippen molar-refractivity contribution in [1.82, 2.24) is 0 Å². The van der Waals surface area contributed by atoms with Crippen molar-refractivity contribution in [3.63, 3.8) is 0 Å². The molecule has 0 atom stereocenters. The van der Waals surface area contributed by atoms with Gasteiger partial charge in [-0.15, -0.1) is 0 Å². The Labute approximate surface area is 71.2 Å². The molecule has 0 aliphatic carbocycles. The van der Waals surface area contributed by atoms with Crippen LogP contribution in [0.15, 0.2) is 0 Å². The summed E-state index contributed by atoms with van der Waals surface area (Å²) < 4.78 is 0.294. The third-order valence-electron chi connectivity index (χ3n) is 0.534. The van der Waals surface area contributed by atoms with Gasteiger partial charge < -0.3 is 5.11 Å². The van der Waals surface area contributed by atoms with Gasteiger partial charge in [-0.1, -0.05) is 45.2 Å².